The van der Waals surface area contributed by atoms with E-state index in [1.807, 2.05) is 47.8 Å². The number of carbonyl (C=O) groups is 2. The molecular formula is C16H15N3O2S2. The summed E-state index contributed by atoms with van der Waals surface area (Å²) in [4.78, 5) is 24.3. The van der Waals surface area contributed by atoms with Gasteiger partial charge in [-0.3, -0.25) is 25.8 Å². The number of hydrazine groups is 1. The van der Waals surface area contributed by atoms with Crippen molar-refractivity contribution >= 4 is 46.6 Å². The van der Waals surface area contributed by atoms with Gasteiger partial charge in [-0.15, -0.1) is 11.3 Å². The zero-order valence-corrected chi connectivity index (χ0v) is 13.7. The van der Waals surface area contributed by atoms with Crippen LogP contribution in [0.15, 0.2) is 53.9 Å². The first-order chi connectivity index (χ1) is 11.1. The average molecular weight is 345 g/mol. The fraction of sp³-hybridized carbons (Fsp3) is 0.0625. The van der Waals surface area contributed by atoms with Crippen LogP contribution in [0.2, 0.25) is 0 Å². The van der Waals surface area contributed by atoms with E-state index < -0.39 is 0 Å². The molecule has 0 aliphatic carbocycles. The second-order valence-electron chi connectivity index (χ2n) is 4.49. The maximum Gasteiger partial charge on any atom is 0.250 e. The minimum Gasteiger partial charge on any atom is -0.298 e. The van der Waals surface area contributed by atoms with Gasteiger partial charge in [-0.25, -0.2) is 0 Å². The molecule has 5 nitrogen and oxygen atoms in total. The molecule has 23 heavy (non-hydrogen) atoms. The minimum absolute atomic E-state index is 0.0345. The number of thiophene rings is 1. The molecule has 0 radical (unpaired) electrons. The highest BCUT2D eigenvalue weighted by atomic mass is 32.1. The van der Waals surface area contributed by atoms with Crippen LogP contribution in [-0.4, -0.2) is 16.9 Å². The van der Waals surface area contributed by atoms with Crippen molar-refractivity contribution in [2.45, 2.75) is 6.42 Å². The monoisotopic (exact) mass is 345 g/mol. The van der Waals surface area contributed by atoms with E-state index in [2.05, 4.69) is 16.2 Å². The smallest absolute Gasteiger partial charge is 0.250 e. The lowest BCUT2D eigenvalue weighted by molar-refractivity contribution is -0.121. The van der Waals surface area contributed by atoms with Crippen LogP contribution in [-0.2, 0) is 16.0 Å². The number of nitrogens with one attached hydrogen (secondary N) is 3. The first-order valence-corrected chi connectivity index (χ1v) is 8.07. The zero-order valence-electron chi connectivity index (χ0n) is 12.1. The van der Waals surface area contributed by atoms with Crippen LogP contribution in [0.25, 0.3) is 6.08 Å². The Hall–Kier alpha value is -2.51. The molecule has 0 aliphatic rings. The highest BCUT2D eigenvalue weighted by Crippen LogP contribution is 2.08. The van der Waals surface area contributed by atoms with Crippen molar-refractivity contribution in [1.82, 2.24) is 16.2 Å². The predicted molar refractivity (Wildman–Crippen MR) is 95.5 cm³/mol. The molecule has 0 aliphatic heterocycles. The molecular weight excluding hydrogens is 330 g/mol. The summed E-state index contributed by atoms with van der Waals surface area (Å²) < 4.78 is 0. The molecule has 2 aromatic rings. The Morgan fingerprint density at radius 1 is 1.09 bits per heavy atom. The van der Waals surface area contributed by atoms with E-state index in [9.17, 15) is 9.59 Å². The Balaban J connectivity index is 1.70. The molecule has 0 atom stereocenters. The van der Waals surface area contributed by atoms with Crippen molar-refractivity contribution < 1.29 is 9.59 Å². The third-order valence-corrected chi connectivity index (χ3v) is 3.77. The third-order valence-electron chi connectivity index (χ3n) is 2.69. The Bertz CT molecular complexity index is 697. The van der Waals surface area contributed by atoms with Gasteiger partial charge in [0.25, 0.3) is 0 Å². The summed E-state index contributed by atoms with van der Waals surface area (Å²) in [5, 5.41) is 4.38. The number of carbonyl (C=O) groups excluding carboxylic acids is 2. The first kappa shape index (κ1) is 16.9. The van der Waals surface area contributed by atoms with Crippen LogP contribution in [0, 0.1) is 0 Å². The van der Waals surface area contributed by atoms with E-state index in [-0.39, 0.29) is 23.3 Å². The Morgan fingerprint density at radius 3 is 2.57 bits per heavy atom. The first-order valence-electron chi connectivity index (χ1n) is 6.79. The summed E-state index contributed by atoms with van der Waals surface area (Å²) >= 11 is 6.44. The largest absolute Gasteiger partial charge is 0.298 e. The Labute approximate surface area is 143 Å². The van der Waals surface area contributed by atoms with E-state index in [0.29, 0.717) is 0 Å². The highest BCUT2D eigenvalue weighted by molar-refractivity contribution is 7.80. The zero-order chi connectivity index (χ0) is 16.5. The van der Waals surface area contributed by atoms with E-state index in [0.717, 1.165) is 10.4 Å². The Morgan fingerprint density at radius 2 is 1.87 bits per heavy atom. The molecule has 0 saturated heterocycles. The molecule has 118 valence electrons. The summed E-state index contributed by atoms with van der Waals surface area (Å²) in [7, 11) is 0. The number of amides is 2. The van der Waals surface area contributed by atoms with Gasteiger partial charge in [-0.05, 0) is 35.3 Å². The topological polar surface area (TPSA) is 70.2 Å². The SMILES string of the molecule is O=C(/C=C/c1ccccc1)NC(=S)NNC(=O)Cc1cccs1. The summed E-state index contributed by atoms with van der Waals surface area (Å²) in [6, 6.07) is 13.2. The standard InChI is InChI=1S/C16H15N3O2S2/c20-14(9-8-12-5-2-1-3-6-12)17-16(22)19-18-15(21)11-13-7-4-10-23-13/h1-10H,11H2,(H,18,21)(H2,17,19,20,22)/b9-8+. The van der Waals surface area contributed by atoms with Gasteiger partial charge in [0.05, 0.1) is 6.42 Å². The molecule has 1 aromatic carbocycles. The van der Waals surface area contributed by atoms with Gasteiger partial charge >= 0.3 is 0 Å². The molecule has 0 bridgehead atoms. The van der Waals surface area contributed by atoms with Gasteiger partial charge in [0.1, 0.15) is 0 Å². The molecule has 1 aromatic heterocycles. The summed E-state index contributed by atoms with van der Waals surface area (Å²) in [6.07, 6.45) is 3.30. The lowest BCUT2D eigenvalue weighted by atomic mass is 10.2. The van der Waals surface area contributed by atoms with Crippen LogP contribution in [0.1, 0.15) is 10.4 Å². The Kier molecular flexibility index (Phi) is 6.46. The number of rotatable bonds is 4. The predicted octanol–water partition coefficient (Wildman–Crippen LogP) is 2.03. The fourth-order valence-corrected chi connectivity index (χ4v) is 2.52. The van der Waals surface area contributed by atoms with Crippen molar-refractivity contribution in [1.29, 1.82) is 0 Å². The molecule has 2 amide bonds. The van der Waals surface area contributed by atoms with Crippen molar-refractivity contribution in [3.8, 4) is 0 Å². The van der Waals surface area contributed by atoms with Crippen molar-refractivity contribution in [3.63, 3.8) is 0 Å². The maximum absolute atomic E-state index is 11.7. The van der Waals surface area contributed by atoms with Gasteiger partial charge in [0.15, 0.2) is 5.11 Å². The minimum atomic E-state index is -0.376. The van der Waals surface area contributed by atoms with Gasteiger partial charge in [0.2, 0.25) is 11.8 Å². The molecule has 0 spiro atoms. The lowest BCUT2D eigenvalue weighted by Crippen LogP contribution is -2.48. The fourth-order valence-electron chi connectivity index (χ4n) is 1.66. The van der Waals surface area contributed by atoms with Gasteiger partial charge in [-0.2, -0.15) is 0 Å². The summed E-state index contributed by atoms with van der Waals surface area (Å²) in [5.41, 5.74) is 5.84. The molecule has 0 fully saturated rings. The number of hydrogen-bond donors (Lipinski definition) is 3. The average Bonchev–Trinajstić information content (AvgIpc) is 3.05. The summed E-state index contributed by atoms with van der Waals surface area (Å²) in [5.74, 6) is -0.609. The van der Waals surface area contributed by atoms with Crippen molar-refractivity contribution in [3.05, 3.63) is 64.4 Å². The number of thiocarbonyl (C=S) groups is 1. The van der Waals surface area contributed by atoms with E-state index in [1.54, 1.807) is 6.08 Å². The normalized spacial score (nSPS) is 10.3. The van der Waals surface area contributed by atoms with Crippen LogP contribution in [0.3, 0.4) is 0 Å². The van der Waals surface area contributed by atoms with Crippen LogP contribution >= 0.6 is 23.6 Å². The number of benzene rings is 1. The molecule has 0 saturated carbocycles. The molecule has 3 N–H and O–H groups in total. The second kappa shape index (κ2) is 8.82. The molecule has 1 heterocycles. The van der Waals surface area contributed by atoms with Crippen LogP contribution in [0.4, 0.5) is 0 Å². The van der Waals surface area contributed by atoms with Crippen molar-refractivity contribution in [2.24, 2.45) is 0 Å². The van der Waals surface area contributed by atoms with Crippen LogP contribution < -0.4 is 16.2 Å². The lowest BCUT2D eigenvalue weighted by Gasteiger charge is -2.09. The molecule has 0 unspecified atom stereocenters. The second-order valence-corrected chi connectivity index (χ2v) is 5.93. The van der Waals surface area contributed by atoms with Gasteiger partial charge in [-0.1, -0.05) is 36.4 Å². The molecule has 7 heteroatoms. The quantitative estimate of drug-likeness (QED) is 0.450. The van der Waals surface area contributed by atoms with E-state index in [1.165, 1.54) is 17.4 Å². The number of hydrogen-bond acceptors (Lipinski definition) is 4. The van der Waals surface area contributed by atoms with E-state index in [4.69, 9.17) is 12.2 Å². The van der Waals surface area contributed by atoms with E-state index >= 15 is 0 Å². The molecule has 2 rings (SSSR count). The third kappa shape index (κ3) is 6.41. The maximum atomic E-state index is 11.7. The highest BCUT2D eigenvalue weighted by Gasteiger charge is 2.05. The van der Waals surface area contributed by atoms with Crippen molar-refractivity contribution in [2.75, 3.05) is 0 Å². The summed E-state index contributed by atoms with van der Waals surface area (Å²) in [6.45, 7) is 0. The van der Waals surface area contributed by atoms with Gasteiger partial charge < -0.3 is 0 Å². The van der Waals surface area contributed by atoms with Crippen LogP contribution in [0.5, 0.6) is 0 Å². The van der Waals surface area contributed by atoms with Gasteiger partial charge in [0, 0.05) is 11.0 Å².